The van der Waals surface area contributed by atoms with Crippen molar-refractivity contribution in [2.75, 3.05) is 13.1 Å². The van der Waals surface area contributed by atoms with Gasteiger partial charge in [0, 0.05) is 31.5 Å². The van der Waals surface area contributed by atoms with Gasteiger partial charge in [-0.15, -0.1) is 0 Å². The maximum atomic E-state index is 13.7. The number of ketones is 1. The quantitative estimate of drug-likeness (QED) is 0.527. The molecular formula is C32H45NO5. The third-order valence-corrected chi connectivity index (χ3v) is 12.8. The Balaban J connectivity index is 1.11. The van der Waals surface area contributed by atoms with Crippen LogP contribution in [0.5, 0.6) is 0 Å². The Morgan fingerprint density at radius 3 is 2.66 bits per heavy atom. The molecule has 208 valence electrons. The number of carbonyl (C=O) groups excluding carboxylic acids is 2. The van der Waals surface area contributed by atoms with Crippen molar-refractivity contribution in [2.45, 2.75) is 96.3 Å². The van der Waals surface area contributed by atoms with E-state index < -0.39 is 11.6 Å². The topological polar surface area (TPSA) is 80.0 Å². The lowest BCUT2D eigenvalue weighted by molar-refractivity contribution is -0.175. The average molecular weight is 524 g/mol. The number of ether oxygens (including phenoxy) is 1. The lowest BCUT2D eigenvalue weighted by atomic mass is 9.51. The highest BCUT2D eigenvalue weighted by Crippen LogP contribution is 2.66. The first-order chi connectivity index (χ1) is 18.2. The number of hydrogen-bond donors (Lipinski definition) is 1. The van der Waals surface area contributed by atoms with Crippen LogP contribution in [0.3, 0.4) is 0 Å². The maximum absolute atomic E-state index is 13.7. The van der Waals surface area contributed by atoms with Gasteiger partial charge in [0.1, 0.15) is 11.9 Å². The molecule has 0 radical (unpaired) electrons. The molecule has 0 amide bonds. The molecular weight excluding hydrogens is 478 g/mol. The second kappa shape index (κ2) is 8.92. The smallest absolute Gasteiger partial charge is 0.374 e. The number of aliphatic hydroxyl groups is 1. The van der Waals surface area contributed by atoms with Gasteiger partial charge < -0.3 is 14.3 Å². The molecule has 6 nitrogen and oxygen atoms in total. The van der Waals surface area contributed by atoms with Gasteiger partial charge in [0.2, 0.25) is 5.76 Å². The lowest BCUT2D eigenvalue weighted by Crippen LogP contribution is -2.67. The fourth-order valence-corrected chi connectivity index (χ4v) is 11.1. The van der Waals surface area contributed by atoms with Crippen LogP contribution in [-0.2, 0) is 9.53 Å². The minimum Gasteiger partial charge on any atom is -0.457 e. The molecule has 12 atom stereocenters. The van der Waals surface area contributed by atoms with Crippen LogP contribution in [-0.4, -0.2) is 52.6 Å². The molecule has 0 bridgehead atoms. The van der Waals surface area contributed by atoms with E-state index in [1.807, 2.05) is 0 Å². The molecule has 4 saturated carbocycles. The number of piperidine rings is 2. The van der Waals surface area contributed by atoms with Gasteiger partial charge in [-0.3, -0.25) is 9.69 Å². The van der Waals surface area contributed by atoms with Crippen LogP contribution in [0.25, 0.3) is 0 Å². The summed E-state index contributed by atoms with van der Waals surface area (Å²) >= 11 is 0. The van der Waals surface area contributed by atoms with Gasteiger partial charge in [-0.25, -0.2) is 4.79 Å². The van der Waals surface area contributed by atoms with E-state index in [-0.39, 0.29) is 23.2 Å². The fraction of sp³-hybridized carbons (Fsp3) is 0.812. The first kappa shape index (κ1) is 25.3. The number of carbonyl (C=O) groups is 2. The van der Waals surface area contributed by atoms with Crippen molar-refractivity contribution < 1.29 is 23.8 Å². The highest BCUT2D eigenvalue weighted by Gasteiger charge is 2.64. The van der Waals surface area contributed by atoms with Gasteiger partial charge in [-0.1, -0.05) is 13.8 Å². The SMILES string of the molecule is C[C@@H]1CC[C@@H]2N(C1)C[C@H]1[C@@H]3C[C@H]4[C@H](CC(=O)[C@H]5C[C@H](OC(=O)c6ccco6)CC[C@@]54C)[C@@H]3CC[C@@H]1[C@]2(C)O. The van der Waals surface area contributed by atoms with Crippen LogP contribution in [0.2, 0.25) is 0 Å². The minimum absolute atomic E-state index is 0.0141. The van der Waals surface area contributed by atoms with Crippen molar-refractivity contribution in [3.63, 3.8) is 0 Å². The van der Waals surface area contributed by atoms with E-state index in [9.17, 15) is 14.7 Å². The molecule has 7 rings (SSSR count). The summed E-state index contributed by atoms with van der Waals surface area (Å²) in [5, 5.41) is 11.9. The van der Waals surface area contributed by atoms with Crippen LogP contribution < -0.4 is 0 Å². The van der Waals surface area contributed by atoms with E-state index in [1.54, 1.807) is 12.1 Å². The predicted molar refractivity (Wildman–Crippen MR) is 142 cm³/mol. The zero-order valence-corrected chi connectivity index (χ0v) is 23.3. The molecule has 6 fully saturated rings. The van der Waals surface area contributed by atoms with Gasteiger partial charge >= 0.3 is 5.97 Å². The standard InChI is InChI=1S/C32H45NO5/c1-18-6-9-29-32(3,36)24-8-7-20-21(23(24)17-33(29)16-18)14-25-22(20)15-27(34)26-13-19(10-11-31(25,26)2)38-30(35)28-5-4-12-37-28/h4-5,12,18-26,29,36H,6-11,13-17H2,1-3H3/t18-,19-,20-,21-,22-,23+,24+,25+,26-,29+,31-,32+/m1/s1. The number of esters is 1. The summed E-state index contributed by atoms with van der Waals surface area (Å²) < 4.78 is 11.0. The number of nitrogens with zero attached hydrogens (tertiary/aromatic N) is 1. The van der Waals surface area contributed by atoms with Crippen molar-refractivity contribution in [1.29, 1.82) is 0 Å². The van der Waals surface area contributed by atoms with Gasteiger partial charge in [-0.2, -0.15) is 0 Å². The van der Waals surface area contributed by atoms with Gasteiger partial charge in [0.25, 0.3) is 0 Å². The molecule has 1 aromatic rings. The summed E-state index contributed by atoms with van der Waals surface area (Å²) in [5.74, 6) is 4.10. The van der Waals surface area contributed by atoms with E-state index in [4.69, 9.17) is 9.15 Å². The molecule has 1 N–H and O–H groups in total. The molecule has 3 heterocycles. The second-order valence-electron chi connectivity index (χ2n) is 14.6. The maximum Gasteiger partial charge on any atom is 0.374 e. The molecule has 2 saturated heterocycles. The summed E-state index contributed by atoms with van der Waals surface area (Å²) in [4.78, 5) is 28.9. The second-order valence-corrected chi connectivity index (χ2v) is 14.6. The third kappa shape index (κ3) is 3.72. The molecule has 0 spiro atoms. The number of Topliss-reactive ketones (excluding diaryl/α,β-unsaturated/α-hetero) is 1. The van der Waals surface area contributed by atoms with Crippen molar-refractivity contribution >= 4 is 11.8 Å². The van der Waals surface area contributed by atoms with Gasteiger partial charge in [0.05, 0.1) is 11.9 Å². The summed E-state index contributed by atoms with van der Waals surface area (Å²) in [6.07, 6.45) is 10.2. The summed E-state index contributed by atoms with van der Waals surface area (Å²) in [5.41, 5.74) is -0.625. The minimum atomic E-state index is -0.611. The van der Waals surface area contributed by atoms with Crippen molar-refractivity contribution in [3.8, 4) is 0 Å². The Hall–Kier alpha value is -1.66. The van der Waals surface area contributed by atoms with Crippen LogP contribution >= 0.6 is 0 Å². The predicted octanol–water partition coefficient (Wildman–Crippen LogP) is 5.34. The first-order valence-electron chi connectivity index (χ1n) is 15.4. The van der Waals surface area contributed by atoms with Crippen LogP contribution in [0.15, 0.2) is 22.8 Å². The third-order valence-electron chi connectivity index (χ3n) is 12.8. The molecule has 38 heavy (non-hydrogen) atoms. The molecule has 0 unspecified atom stereocenters. The van der Waals surface area contributed by atoms with Crippen LogP contribution in [0.1, 0.15) is 89.1 Å². The number of hydrogen-bond acceptors (Lipinski definition) is 6. The molecule has 2 aliphatic heterocycles. The molecule has 6 heteroatoms. The number of furan rings is 1. The Kier molecular flexibility index (Phi) is 5.94. The van der Waals surface area contributed by atoms with E-state index in [0.29, 0.717) is 66.1 Å². The molecule has 0 aromatic carbocycles. The highest BCUT2D eigenvalue weighted by molar-refractivity contribution is 5.86. The monoisotopic (exact) mass is 523 g/mol. The Morgan fingerprint density at radius 2 is 1.87 bits per heavy atom. The molecule has 6 aliphatic rings. The Labute approximate surface area is 226 Å². The molecule has 4 aliphatic carbocycles. The van der Waals surface area contributed by atoms with Crippen LogP contribution in [0, 0.1) is 52.8 Å². The number of rotatable bonds is 2. The normalized spacial score (nSPS) is 50.3. The lowest BCUT2D eigenvalue weighted by Gasteiger charge is -2.59. The number of fused-ring (bicyclic) bond motifs is 8. The summed E-state index contributed by atoms with van der Waals surface area (Å²) in [6, 6.07) is 3.64. The van der Waals surface area contributed by atoms with Crippen molar-refractivity contribution in [2.24, 2.45) is 52.8 Å². The van der Waals surface area contributed by atoms with Crippen LogP contribution in [0.4, 0.5) is 0 Å². The van der Waals surface area contributed by atoms with Gasteiger partial charge in [-0.05, 0) is 117 Å². The van der Waals surface area contributed by atoms with E-state index >= 15 is 0 Å². The molecule has 1 aromatic heterocycles. The largest absolute Gasteiger partial charge is 0.457 e. The van der Waals surface area contributed by atoms with E-state index in [1.165, 1.54) is 25.5 Å². The van der Waals surface area contributed by atoms with E-state index in [2.05, 4.69) is 25.7 Å². The zero-order chi connectivity index (χ0) is 26.4. The first-order valence-corrected chi connectivity index (χ1v) is 15.4. The van der Waals surface area contributed by atoms with E-state index in [0.717, 1.165) is 38.8 Å². The summed E-state index contributed by atoms with van der Waals surface area (Å²) in [7, 11) is 0. The fourth-order valence-electron chi connectivity index (χ4n) is 11.1. The van der Waals surface area contributed by atoms with Crippen molar-refractivity contribution in [3.05, 3.63) is 24.2 Å². The Bertz CT molecular complexity index is 1080. The summed E-state index contributed by atoms with van der Waals surface area (Å²) in [6.45, 7) is 9.14. The Morgan fingerprint density at radius 1 is 1.03 bits per heavy atom. The zero-order valence-electron chi connectivity index (χ0n) is 23.3. The average Bonchev–Trinajstić information content (AvgIpc) is 3.54. The van der Waals surface area contributed by atoms with Crippen molar-refractivity contribution in [1.82, 2.24) is 4.90 Å². The van der Waals surface area contributed by atoms with Gasteiger partial charge in [0.15, 0.2) is 0 Å². The highest BCUT2D eigenvalue weighted by atomic mass is 16.6.